The first-order chi connectivity index (χ1) is 7.42. The maximum Gasteiger partial charge on any atom is 0.0992 e. The van der Waals surface area contributed by atoms with Crippen molar-refractivity contribution in [2.45, 2.75) is 19.4 Å². The Kier molecular flexibility index (Phi) is 3.41. The van der Waals surface area contributed by atoms with Crippen LogP contribution in [-0.4, -0.2) is 24.3 Å². The van der Waals surface area contributed by atoms with E-state index in [1.807, 2.05) is 25.8 Å². The van der Waals surface area contributed by atoms with Gasteiger partial charge < -0.3 is 15.7 Å². The minimum absolute atomic E-state index is 0.0136. The molecule has 0 aromatic heterocycles. The molecule has 1 rings (SSSR count). The minimum atomic E-state index is -0.414. The van der Waals surface area contributed by atoms with Crippen LogP contribution in [0.5, 0.6) is 0 Å². The van der Waals surface area contributed by atoms with E-state index in [0.717, 1.165) is 5.69 Å². The molecule has 4 heteroatoms. The van der Waals surface area contributed by atoms with Gasteiger partial charge >= 0.3 is 0 Å². The molecule has 0 atom stereocenters. The SMILES string of the molecule is CN(c1cc(C#N)ccc1N)C(C)(C)CO. The Balaban J connectivity index is 3.18. The zero-order chi connectivity index (χ0) is 12.3. The Morgan fingerprint density at radius 1 is 1.50 bits per heavy atom. The van der Waals surface area contributed by atoms with Gasteiger partial charge in [-0.2, -0.15) is 5.26 Å². The highest BCUT2D eigenvalue weighted by Crippen LogP contribution is 2.28. The fraction of sp³-hybridized carbons (Fsp3) is 0.417. The van der Waals surface area contributed by atoms with Gasteiger partial charge in [0.15, 0.2) is 0 Å². The van der Waals surface area contributed by atoms with Crippen LogP contribution in [0.4, 0.5) is 11.4 Å². The number of hydrogen-bond acceptors (Lipinski definition) is 4. The monoisotopic (exact) mass is 219 g/mol. The lowest BCUT2D eigenvalue weighted by molar-refractivity contribution is 0.216. The lowest BCUT2D eigenvalue weighted by Crippen LogP contribution is -2.44. The van der Waals surface area contributed by atoms with Crippen molar-refractivity contribution >= 4 is 11.4 Å². The lowest BCUT2D eigenvalue weighted by Gasteiger charge is -2.36. The van der Waals surface area contributed by atoms with Gasteiger partial charge in [-0.1, -0.05) is 0 Å². The fourth-order valence-electron chi connectivity index (χ4n) is 1.34. The molecule has 0 saturated carbocycles. The Bertz CT molecular complexity index is 421. The molecule has 0 saturated heterocycles. The quantitative estimate of drug-likeness (QED) is 0.752. The summed E-state index contributed by atoms with van der Waals surface area (Å²) in [5.74, 6) is 0. The number of nitrogens with zero attached hydrogens (tertiary/aromatic N) is 2. The Hall–Kier alpha value is -1.73. The first-order valence-corrected chi connectivity index (χ1v) is 5.06. The van der Waals surface area contributed by atoms with Crippen LogP contribution in [0.3, 0.4) is 0 Å². The second-order valence-electron chi connectivity index (χ2n) is 4.41. The van der Waals surface area contributed by atoms with Crippen molar-refractivity contribution in [3.63, 3.8) is 0 Å². The number of aliphatic hydroxyl groups is 1. The number of nitrogen functional groups attached to an aromatic ring is 1. The normalized spacial score (nSPS) is 10.9. The van der Waals surface area contributed by atoms with E-state index in [9.17, 15) is 5.11 Å². The minimum Gasteiger partial charge on any atom is -0.397 e. The van der Waals surface area contributed by atoms with Crippen LogP contribution in [0.25, 0.3) is 0 Å². The molecule has 4 nitrogen and oxygen atoms in total. The van der Waals surface area contributed by atoms with Gasteiger partial charge in [0.2, 0.25) is 0 Å². The van der Waals surface area contributed by atoms with Crippen molar-refractivity contribution < 1.29 is 5.11 Å². The van der Waals surface area contributed by atoms with Crippen molar-refractivity contribution in [2.24, 2.45) is 0 Å². The first kappa shape index (κ1) is 12.3. The van der Waals surface area contributed by atoms with E-state index in [4.69, 9.17) is 11.0 Å². The second-order valence-corrected chi connectivity index (χ2v) is 4.41. The number of nitrogens with two attached hydrogens (primary N) is 1. The molecular formula is C12H17N3O. The average Bonchev–Trinajstić information content (AvgIpc) is 2.29. The van der Waals surface area contributed by atoms with Crippen molar-refractivity contribution in [1.29, 1.82) is 5.26 Å². The second kappa shape index (κ2) is 4.42. The summed E-state index contributed by atoms with van der Waals surface area (Å²) in [6.45, 7) is 3.83. The molecule has 1 aromatic rings. The van der Waals surface area contributed by atoms with Gasteiger partial charge in [-0.05, 0) is 32.0 Å². The van der Waals surface area contributed by atoms with Gasteiger partial charge in [-0.25, -0.2) is 0 Å². The van der Waals surface area contributed by atoms with Crippen LogP contribution in [0.1, 0.15) is 19.4 Å². The molecule has 0 spiro atoms. The zero-order valence-electron chi connectivity index (χ0n) is 9.86. The Morgan fingerprint density at radius 2 is 2.12 bits per heavy atom. The molecule has 1 aromatic carbocycles. The van der Waals surface area contributed by atoms with Crippen molar-refractivity contribution in [3.8, 4) is 6.07 Å². The Morgan fingerprint density at radius 3 is 2.62 bits per heavy atom. The number of rotatable bonds is 3. The highest BCUT2D eigenvalue weighted by Gasteiger charge is 2.24. The van der Waals surface area contributed by atoms with E-state index in [1.54, 1.807) is 18.2 Å². The molecule has 0 radical (unpaired) electrons. The van der Waals surface area contributed by atoms with Crippen LogP contribution >= 0.6 is 0 Å². The van der Waals surface area contributed by atoms with Crippen LogP contribution in [0.2, 0.25) is 0 Å². The molecule has 0 aliphatic heterocycles. The fourth-order valence-corrected chi connectivity index (χ4v) is 1.34. The van der Waals surface area contributed by atoms with Gasteiger partial charge in [0.25, 0.3) is 0 Å². The van der Waals surface area contributed by atoms with E-state index < -0.39 is 5.54 Å². The van der Waals surface area contributed by atoms with Crippen LogP contribution in [0.15, 0.2) is 18.2 Å². The van der Waals surface area contributed by atoms with Crippen LogP contribution < -0.4 is 10.6 Å². The van der Waals surface area contributed by atoms with Gasteiger partial charge in [-0.3, -0.25) is 0 Å². The highest BCUT2D eigenvalue weighted by atomic mass is 16.3. The highest BCUT2D eigenvalue weighted by molar-refractivity contribution is 5.70. The summed E-state index contributed by atoms with van der Waals surface area (Å²) >= 11 is 0. The molecule has 16 heavy (non-hydrogen) atoms. The third-order valence-electron chi connectivity index (χ3n) is 2.82. The molecule has 0 amide bonds. The van der Waals surface area contributed by atoms with Gasteiger partial charge in [-0.15, -0.1) is 0 Å². The lowest BCUT2D eigenvalue weighted by atomic mass is 10.0. The predicted molar refractivity (Wildman–Crippen MR) is 65.1 cm³/mol. The van der Waals surface area contributed by atoms with Crippen molar-refractivity contribution in [2.75, 3.05) is 24.3 Å². The maximum absolute atomic E-state index is 9.30. The summed E-state index contributed by atoms with van der Waals surface area (Å²) in [7, 11) is 1.85. The van der Waals surface area contributed by atoms with E-state index in [-0.39, 0.29) is 6.61 Å². The standard InChI is InChI=1S/C12H17N3O/c1-12(2,8-16)15(3)11-6-9(7-13)4-5-10(11)14/h4-6,16H,8,14H2,1-3H3. The maximum atomic E-state index is 9.30. The van der Waals surface area contributed by atoms with E-state index in [2.05, 4.69) is 6.07 Å². The molecule has 86 valence electrons. The first-order valence-electron chi connectivity index (χ1n) is 5.06. The van der Waals surface area contributed by atoms with Crippen molar-refractivity contribution in [1.82, 2.24) is 0 Å². The molecule has 0 fully saturated rings. The summed E-state index contributed by atoms with van der Waals surface area (Å²) in [5, 5.41) is 18.1. The summed E-state index contributed by atoms with van der Waals surface area (Å²) < 4.78 is 0. The Labute approximate surface area is 95.9 Å². The van der Waals surface area contributed by atoms with E-state index in [1.165, 1.54) is 0 Å². The summed E-state index contributed by atoms with van der Waals surface area (Å²) in [6, 6.07) is 7.19. The topological polar surface area (TPSA) is 73.3 Å². The van der Waals surface area contributed by atoms with Gasteiger partial charge in [0.05, 0.1) is 35.2 Å². The molecule has 3 N–H and O–H groups in total. The number of aliphatic hydroxyl groups excluding tert-OH is 1. The summed E-state index contributed by atoms with van der Waals surface area (Å²) in [6.07, 6.45) is 0. The number of nitriles is 1. The van der Waals surface area contributed by atoms with Gasteiger partial charge in [0, 0.05) is 7.05 Å². The van der Waals surface area contributed by atoms with E-state index in [0.29, 0.717) is 11.3 Å². The average molecular weight is 219 g/mol. The molecular weight excluding hydrogens is 202 g/mol. The smallest absolute Gasteiger partial charge is 0.0992 e. The van der Waals surface area contributed by atoms with Gasteiger partial charge in [0.1, 0.15) is 0 Å². The number of hydrogen-bond donors (Lipinski definition) is 2. The number of benzene rings is 1. The molecule has 0 unspecified atom stereocenters. The number of anilines is 2. The largest absolute Gasteiger partial charge is 0.397 e. The third kappa shape index (κ3) is 2.26. The molecule has 0 aliphatic carbocycles. The van der Waals surface area contributed by atoms with Crippen molar-refractivity contribution in [3.05, 3.63) is 23.8 Å². The van der Waals surface area contributed by atoms with E-state index >= 15 is 0 Å². The summed E-state index contributed by atoms with van der Waals surface area (Å²) in [5.41, 5.74) is 7.37. The number of likely N-dealkylation sites (N-methyl/N-ethyl adjacent to an activating group) is 1. The van der Waals surface area contributed by atoms with Crippen LogP contribution in [-0.2, 0) is 0 Å². The predicted octanol–water partition coefficient (Wildman–Crippen LogP) is 1.35. The molecule has 0 bridgehead atoms. The van der Waals surface area contributed by atoms with Crippen LogP contribution in [0, 0.1) is 11.3 Å². The summed E-state index contributed by atoms with van der Waals surface area (Å²) in [4.78, 5) is 1.88. The third-order valence-corrected chi connectivity index (χ3v) is 2.82. The zero-order valence-corrected chi connectivity index (χ0v) is 9.86. The molecule has 0 heterocycles. The molecule has 0 aliphatic rings.